The molecule has 5 heteroatoms. The largest absolute Gasteiger partial charge is 0.383 e. The molecule has 2 aromatic rings. The molecular formula is C19H24N2O2S. The molecule has 0 bridgehead atoms. The van der Waals surface area contributed by atoms with Crippen LogP contribution in [0.15, 0.2) is 35.7 Å². The van der Waals surface area contributed by atoms with Crippen LogP contribution in [0.1, 0.15) is 27.6 Å². The molecular weight excluding hydrogens is 320 g/mol. The Morgan fingerprint density at radius 3 is 2.96 bits per heavy atom. The van der Waals surface area contributed by atoms with Crippen LogP contribution in [-0.4, -0.2) is 44.2 Å². The van der Waals surface area contributed by atoms with Gasteiger partial charge in [-0.05, 0) is 41.5 Å². The maximum Gasteiger partial charge on any atom is 0.237 e. The number of carbonyl (C=O) groups is 1. The molecule has 1 atom stereocenters. The predicted molar refractivity (Wildman–Crippen MR) is 97.5 cm³/mol. The van der Waals surface area contributed by atoms with Crippen LogP contribution in [0, 0.1) is 6.92 Å². The predicted octanol–water partition coefficient (Wildman–Crippen LogP) is 2.77. The highest BCUT2D eigenvalue weighted by molar-refractivity contribution is 7.10. The molecule has 1 aliphatic heterocycles. The van der Waals surface area contributed by atoms with Crippen LogP contribution in [0.25, 0.3) is 0 Å². The zero-order chi connectivity index (χ0) is 16.9. The number of hydrogen-bond donors (Lipinski definition) is 1. The molecule has 1 aromatic carbocycles. The highest BCUT2D eigenvalue weighted by atomic mass is 32.1. The van der Waals surface area contributed by atoms with Crippen LogP contribution >= 0.6 is 11.3 Å². The van der Waals surface area contributed by atoms with E-state index in [1.165, 1.54) is 21.6 Å². The first kappa shape index (κ1) is 17.1. The van der Waals surface area contributed by atoms with Gasteiger partial charge in [-0.3, -0.25) is 4.79 Å². The third-order valence-corrected chi connectivity index (χ3v) is 5.52. The second kappa shape index (κ2) is 7.92. The summed E-state index contributed by atoms with van der Waals surface area (Å²) in [6.07, 6.45) is 0.944. The molecule has 1 aliphatic rings. The van der Waals surface area contributed by atoms with Crippen molar-refractivity contribution in [2.45, 2.75) is 19.4 Å². The number of nitrogens with one attached hydrogen (secondary N) is 1. The maximum absolute atomic E-state index is 12.8. The van der Waals surface area contributed by atoms with E-state index in [2.05, 4.69) is 48.0 Å². The summed E-state index contributed by atoms with van der Waals surface area (Å²) in [5.74, 6) is 0.149. The first-order valence-electron chi connectivity index (χ1n) is 8.33. The first-order chi connectivity index (χ1) is 11.7. The molecule has 0 saturated carbocycles. The smallest absolute Gasteiger partial charge is 0.237 e. The molecule has 0 saturated heterocycles. The lowest BCUT2D eigenvalue weighted by molar-refractivity contribution is -0.132. The van der Waals surface area contributed by atoms with Crippen molar-refractivity contribution in [2.75, 3.05) is 33.4 Å². The van der Waals surface area contributed by atoms with Crippen LogP contribution in [0.5, 0.6) is 0 Å². The second-order valence-electron chi connectivity index (χ2n) is 6.06. The zero-order valence-electron chi connectivity index (χ0n) is 14.2. The van der Waals surface area contributed by atoms with Gasteiger partial charge >= 0.3 is 0 Å². The van der Waals surface area contributed by atoms with Gasteiger partial charge < -0.3 is 15.0 Å². The molecule has 1 amide bonds. The number of methoxy groups -OCH3 is 1. The van der Waals surface area contributed by atoms with E-state index in [0.29, 0.717) is 19.7 Å². The number of hydrogen-bond acceptors (Lipinski definition) is 4. The van der Waals surface area contributed by atoms with Crippen LogP contribution in [-0.2, 0) is 16.0 Å². The SMILES string of the molecule is COCCNCC(=O)N1CCc2sccc2C1c1ccccc1C. The van der Waals surface area contributed by atoms with Gasteiger partial charge in [0.15, 0.2) is 0 Å². The molecule has 3 rings (SSSR count). The van der Waals surface area contributed by atoms with Crippen molar-refractivity contribution in [1.82, 2.24) is 10.2 Å². The number of fused-ring (bicyclic) bond motifs is 1. The van der Waals surface area contributed by atoms with Crippen molar-refractivity contribution in [3.63, 3.8) is 0 Å². The number of carbonyl (C=O) groups excluding carboxylic acids is 1. The first-order valence-corrected chi connectivity index (χ1v) is 9.21. The van der Waals surface area contributed by atoms with Gasteiger partial charge in [0.1, 0.15) is 0 Å². The van der Waals surface area contributed by atoms with Crippen molar-refractivity contribution < 1.29 is 9.53 Å². The molecule has 24 heavy (non-hydrogen) atoms. The number of rotatable bonds is 6. The minimum atomic E-state index is 0.0259. The van der Waals surface area contributed by atoms with Gasteiger partial charge in [-0.1, -0.05) is 24.3 Å². The lowest BCUT2D eigenvalue weighted by Gasteiger charge is -2.37. The van der Waals surface area contributed by atoms with Crippen LogP contribution in [0.3, 0.4) is 0 Å². The van der Waals surface area contributed by atoms with Gasteiger partial charge in [-0.25, -0.2) is 0 Å². The minimum Gasteiger partial charge on any atom is -0.383 e. The number of amides is 1. The van der Waals surface area contributed by atoms with Gasteiger partial charge in [0.25, 0.3) is 0 Å². The number of nitrogens with zero attached hydrogens (tertiary/aromatic N) is 1. The van der Waals surface area contributed by atoms with Crippen molar-refractivity contribution in [2.24, 2.45) is 0 Å². The highest BCUT2D eigenvalue weighted by Crippen LogP contribution is 2.38. The molecule has 1 N–H and O–H groups in total. The van der Waals surface area contributed by atoms with E-state index < -0.39 is 0 Å². The van der Waals surface area contributed by atoms with E-state index in [1.54, 1.807) is 18.4 Å². The second-order valence-corrected chi connectivity index (χ2v) is 7.07. The molecule has 0 aliphatic carbocycles. The Morgan fingerprint density at radius 1 is 1.33 bits per heavy atom. The molecule has 1 aromatic heterocycles. The van der Waals surface area contributed by atoms with Crippen molar-refractivity contribution in [1.29, 1.82) is 0 Å². The average Bonchev–Trinajstić information content (AvgIpc) is 3.07. The maximum atomic E-state index is 12.8. The molecule has 128 valence electrons. The summed E-state index contributed by atoms with van der Waals surface area (Å²) >= 11 is 1.80. The minimum absolute atomic E-state index is 0.0259. The van der Waals surface area contributed by atoms with E-state index in [0.717, 1.165) is 13.0 Å². The summed E-state index contributed by atoms with van der Waals surface area (Å²) in [4.78, 5) is 16.2. The Hall–Kier alpha value is -1.69. The summed E-state index contributed by atoms with van der Waals surface area (Å²) in [6, 6.07) is 10.6. The third kappa shape index (κ3) is 3.53. The van der Waals surface area contributed by atoms with E-state index in [-0.39, 0.29) is 11.9 Å². The summed E-state index contributed by atoms with van der Waals surface area (Å²) < 4.78 is 5.03. The fraction of sp³-hybridized carbons (Fsp3) is 0.421. The van der Waals surface area contributed by atoms with Gasteiger partial charge in [0, 0.05) is 25.1 Å². The molecule has 0 radical (unpaired) electrons. The number of aryl methyl sites for hydroxylation is 1. The number of ether oxygens (including phenoxy) is 1. The Balaban J connectivity index is 1.85. The molecule has 2 heterocycles. The highest BCUT2D eigenvalue weighted by Gasteiger charge is 2.33. The van der Waals surface area contributed by atoms with Crippen molar-refractivity contribution in [3.8, 4) is 0 Å². The summed E-state index contributed by atoms with van der Waals surface area (Å²) in [5, 5.41) is 5.31. The fourth-order valence-electron chi connectivity index (χ4n) is 3.29. The normalized spacial score (nSPS) is 16.9. The standard InChI is InChI=1S/C19H24N2O2S/c1-14-5-3-4-6-15(14)19-16-8-12-24-17(16)7-10-21(19)18(22)13-20-9-11-23-2/h3-6,8,12,19-20H,7,9-11,13H2,1-2H3. The molecule has 0 fully saturated rings. The lowest BCUT2D eigenvalue weighted by Crippen LogP contribution is -2.44. The van der Waals surface area contributed by atoms with Crippen LogP contribution < -0.4 is 5.32 Å². The fourth-order valence-corrected chi connectivity index (χ4v) is 4.19. The quantitative estimate of drug-likeness (QED) is 0.820. The van der Waals surface area contributed by atoms with Crippen molar-refractivity contribution >= 4 is 17.2 Å². The Morgan fingerprint density at radius 2 is 2.17 bits per heavy atom. The van der Waals surface area contributed by atoms with Gasteiger partial charge in [-0.2, -0.15) is 0 Å². The molecule has 1 unspecified atom stereocenters. The average molecular weight is 344 g/mol. The van der Waals surface area contributed by atoms with Gasteiger partial charge in [0.05, 0.1) is 19.2 Å². The van der Waals surface area contributed by atoms with Crippen LogP contribution in [0.2, 0.25) is 0 Å². The molecule has 0 spiro atoms. The van der Waals surface area contributed by atoms with Gasteiger partial charge in [-0.15, -0.1) is 11.3 Å². The topological polar surface area (TPSA) is 41.6 Å². The van der Waals surface area contributed by atoms with Crippen molar-refractivity contribution in [3.05, 3.63) is 57.3 Å². The van der Waals surface area contributed by atoms with Crippen LogP contribution in [0.4, 0.5) is 0 Å². The van der Waals surface area contributed by atoms with Gasteiger partial charge in [0.2, 0.25) is 5.91 Å². The Kier molecular flexibility index (Phi) is 5.66. The monoisotopic (exact) mass is 344 g/mol. The third-order valence-electron chi connectivity index (χ3n) is 4.53. The van der Waals surface area contributed by atoms with E-state index in [4.69, 9.17) is 4.74 Å². The van der Waals surface area contributed by atoms with E-state index >= 15 is 0 Å². The summed E-state index contributed by atoms with van der Waals surface area (Å²) in [6.45, 7) is 4.55. The van der Waals surface area contributed by atoms with E-state index in [1.807, 2.05) is 4.90 Å². The lowest BCUT2D eigenvalue weighted by atomic mass is 9.90. The zero-order valence-corrected chi connectivity index (χ0v) is 15.1. The van der Waals surface area contributed by atoms with E-state index in [9.17, 15) is 4.79 Å². The Bertz CT molecular complexity index is 698. The molecule has 4 nitrogen and oxygen atoms in total. The number of thiophene rings is 1. The summed E-state index contributed by atoms with van der Waals surface area (Å²) in [7, 11) is 1.67. The summed E-state index contributed by atoms with van der Waals surface area (Å²) in [5.41, 5.74) is 3.74. The Labute approximate surface area is 147 Å². The number of benzene rings is 1.